The lowest BCUT2D eigenvalue weighted by Gasteiger charge is -2.16. The summed E-state index contributed by atoms with van der Waals surface area (Å²) in [6.45, 7) is 0. The second kappa shape index (κ2) is 7.51. The van der Waals surface area contributed by atoms with Crippen LogP contribution in [-0.2, 0) is 0 Å². The molecule has 0 unspecified atom stereocenters. The maximum absolute atomic E-state index is 12.1. The summed E-state index contributed by atoms with van der Waals surface area (Å²) in [5, 5.41) is 39.8. The van der Waals surface area contributed by atoms with Crippen molar-refractivity contribution in [3.05, 3.63) is 82.9 Å². The molecule has 4 rings (SSSR count). The molecule has 8 nitrogen and oxygen atoms in total. The fourth-order valence-corrected chi connectivity index (χ4v) is 3.82. The summed E-state index contributed by atoms with van der Waals surface area (Å²) in [4.78, 5) is 46.8. The first-order valence-electron chi connectivity index (χ1n) is 9.26. The molecule has 4 N–H and O–H groups in total. The molecular formula is C24H14O8. The molecule has 0 atom stereocenters. The van der Waals surface area contributed by atoms with E-state index in [-0.39, 0.29) is 33.4 Å². The Morgan fingerprint density at radius 1 is 0.469 bits per heavy atom. The molecule has 0 saturated heterocycles. The number of carbonyl (C=O) groups is 4. The summed E-state index contributed by atoms with van der Waals surface area (Å²) < 4.78 is 0. The molecule has 0 amide bonds. The average molecular weight is 430 g/mol. The molecule has 158 valence electrons. The van der Waals surface area contributed by atoms with Crippen molar-refractivity contribution < 1.29 is 39.6 Å². The van der Waals surface area contributed by atoms with Gasteiger partial charge in [-0.3, -0.25) is 0 Å². The number of rotatable bonds is 5. The van der Waals surface area contributed by atoms with Crippen molar-refractivity contribution >= 4 is 45.4 Å². The molecule has 0 saturated carbocycles. The zero-order valence-corrected chi connectivity index (χ0v) is 16.2. The van der Waals surface area contributed by atoms with Gasteiger partial charge in [-0.05, 0) is 57.9 Å². The Labute approximate surface area is 179 Å². The minimum absolute atomic E-state index is 0.00555. The largest absolute Gasteiger partial charge is 0.478 e. The summed E-state index contributed by atoms with van der Waals surface area (Å²) in [5.41, 5.74) is -0.130. The van der Waals surface area contributed by atoms with Gasteiger partial charge in [0, 0.05) is 11.1 Å². The Kier molecular flexibility index (Phi) is 4.82. The fourth-order valence-electron chi connectivity index (χ4n) is 3.82. The first kappa shape index (κ1) is 20.5. The van der Waals surface area contributed by atoms with Gasteiger partial charge >= 0.3 is 23.9 Å². The molecular weight excluding hydrogens is 416 g/mol. The number of fused-ring (bicyclic) bond motifs is 2. The van der Waals surface area contributed by atoms with Crippen molar-refractivity contribution in [3.8, 4) is 11.1 Å². The minimum Gasteiger partial charge on any atom is -0.478 e. The third-order valence-electron chi connectivity index (χ3n) is 5.24. The van der Waals surface area contributed by atoms with Crippen molar-refractivity contribution in [2.75, 3.05) is 0 Å². The molecule has 0 aliphatic carbocycles. The van der Waals surface area contributed by atoms with Gasteiger partial charge in [0.15, 0.2) is 0 Å². The molecule has 0 bridgehead atoms. The number of carboxylic acids is 4. The van der Waals surface area contributed by atoms with E-state index < -0.39 is 23.9 Å². The van der Waals surface area contributed by atoms with E-state index in [4.69, 9.17) is 0 Å². The highest BCUT2D eigenvalue weighted by Crippen LogP contribution is 2.40. The van der Waals surface area contributed by atoms with E-state index in [1.807, 2.05) is 0 Å². The molecule has 0 radical (unpaired) electrons. The summed E-state index contributed by atoms with van der Waals surface area (Å²) >= 11 is 0. The van der Waals surface area contributed by atoms with Crippen molar-refractivity contribution in [1.29, 1.82) is 0 Å². The van der Waals surface area contributed by atoms with E-state index in [1.165, 1.54) is 60.7 Å². The number of hydrogen-bond donors (Lipinski definition) is 4. The van der Waals surface area contributed by atoms with Crippen LogP contribution >= 0.6 is 0 Å². The van der Waals surface area contributed by atoms with Gasteiger partial charge in [0.25, 0.3) is 0 Å². The van der Waals surface area contributed by atoms with Gasteiger partial charge in [0.1, 0.15) is 0 Å². The fraction of sp³-hybridized carbons (Fsp3) is 0. The van der Waals surface area contributed by atoms with E-state index in [1.54, 1.807) is 0 Å². The van der Waals surface area contributed by atoms with Crippen molar-refractivity contribution in [2.24, 2.45) is 0 Å². The Balaban J connectivity index is 2.20. The lowest BCUT2D eigenvalue weighted by molar-refractivity contribution is 0.0684. The van der Waals surface area contributed by atoms with Crippen LogP contribution in [-0.4, -0.2) is 44.3 Å². The van der Waals surface area contributed by atoms with E-state index in [2.05, 4.69) is 0 Å². The summed E-state index contributed by atoms with van der Waals surface area (Å²) in [6, 6.07) is 13.8. The standard InChI is InChI=1S/C24H14O8/c25-21(26)13-3-5-15-11(9-13)1-7-17(23(29)30)19(15)20-16-6-4-14(22(27)28)10-12(16)2-8-18(20)24(31)32/h1-10H,(H,25,26)(H,27,28)(H,29,30)(H,31,32). The highest BCUT2D eigenvalue weighted by Gasteiger charge is 2.23. The molecule has 0 spiro atoms. The summed E-state index contributed by atoms with van der Waals surface area (Å²) in [6.07, 6.45) is 0. The van der Waals surface area contributed by atoms with E-state index in [0.717, 1.165) is 0 Å². The smallest absolute Gasteiger partial charge is 0.336 e. The highest BCUT2D eigenvalue weighted by atomic mass is 16.4. The molecule has 4 aromatic rings. The van der Waals surface area contributed by atoms with Crippen LogP contribution in [0.1, 0.15) is 41.4 Å². The van der Waals surface area contributed by atoms with E-state index >= 15 is 0 Å². The van der Waals surface area contributed by atoms with Gasteiger partial charge < -0.3 is 20.4 Å². The Morgan fingerprint density at radius 3 is 1.16 bits per heavy atom. The van der Waals surface area contributed by atoms with Crippen molar-refractivity contribution in [3.63, 3.8) is 0 Å². The van der Waals surface area contributed by atoms with Gasteiger partial charge in [0.2, 0.25) is 0 Å². The van der Waals surface area contributed by atoms with Gasteiger partial charge in [-0.15, -0.1) is 0 Å². The number of aromatic carboxylic acids is 4. The molecule has 0 aromatic heterocycles. The van der Waals surface area contributed by atoms with Crippen molar-refractivity contribution in [2.45, 2.75) is 0 Å². The van der Waals surface area contributed by atoms with E-state index in [0.29, 0.717) is 21.5 Å². The Morgan fingerprint density at radius 2 is 0.844 bits per heavy atom. The molecule has 8 heteroatoms. The Hall–Kier alpha value is -4.72. The quantitative estimate of drug-likeness (QED) is 0.363. The van der Waals surface area contributed by atoms with Crippen molar-refractivity contribution in [1.82, 2.24) is 0 Å². The zero-order chi connectivity index (χ0) is 23.2. The maximum Gasteiger partial charge on any atom is 0.336 e. The normalized spacial score (nSPS) is 10.9. The van der Waals surface area contributed by atoms with Crippen LogP contribution in [0.25, 0.3) is 32.7 Å². The molecule has 32 heavy (non-hydrogen) atoms. The lowest BCUT2D eigenvalue weighted by atomic mass is 9.86. The van der Waals surface area contributed by atoms with Gasteiger partial charge in [0.05, 0.1) is 22.3 Å². The second-order valence-electron chi connectivity index (χ2n) is 7.07. The van der Waals surface area contributed by atoms with Crippen LogP contribution in [0, 0.1) is 0 Å². The van der Waals surface area contributed by atoms with E-state index in [9.17, 15) is 39.6 Å². The minimum atomic E-state index is -1.29. The third-order valence-corrected chi connectivity index (χ3v) is 5.24. The topological polar surface area (TPSA) is 149 Å². The maximum atomic E-state index is 12.1. The first-order chi connectivity index (χ1) is 15.2. The Bertz CT molecular complexity index is 1370. The molecule has 4 aromatic carbocycles. The predicted molar refractivity (Wildman–Crippen MR) is 115 cm³/mol. The average Bonchev–Trinajstić information content (AvgIpc) is 2.76. The van der Waals surface area contributed by atoms with Crippen LogP contribution in [0.2, 0.25) is 0 Å². The molecule has 0 fully saturated rings. The summed E-state index contributed by atoms with van der Waals surface area (Å²) in [5.74, 6) is -4.90. The van der Waals surface area contributed by atoms with Gasteiger partial charge in [-0.2, -0.15) is 0 Å². The number of benzene rings is 4. The van der Waals surface area contributed by atoms with Gasteiger partial charge in [-0.25, -0.2) is 19.2 Å². The second-order valence-corrected chi connectivity index (χ2v) is 7.07. The number of carboxylic acid groups (broad SMARTS) is 4. The SMILES string of the molecule is O=C(O)c1ccc2c(-c3c(C(=O)O)ccc4cc(C(=O)O)ccc34)c(C(=O)O)ccc2c1. The lowest BCUT2D eigenvalue weighted by Crippen LogP contribution is -2.06. The monoisotopic (exact) mass is 430 g/mol. The van der Waals surface area contributed by atoms with Crippen LogP contribution in [0.15, 0.2) is 60.7 Å². The molecule has 0 aliphatic heterocycles. The van der Waals surface area contributed by atoms with Crippen LogP contribution in [0.4, 0.5) is 0 Å². The highest BCUT2D eigenvalue weighted by molar-refractivity contribution is 6.18. The number of hydrogen-bond acceptors (Lipinski definition) is 4. The predicted octanol–water partition coefficient (Wildman–Crippen LogP) is 4.45. The molecule has 0 heterocycles. The van der Waals surface area contributed by atoms with Crippen LogP contribution in [0.5, 0.6) is 0 Å². The van der Waals surface area contributed by atoms with Crippen LogP contribution in [0.3, 0.4) is 0 Å². The third kappa shape index (κ3) is 3.29. The van der Waals surface area contributed by atoms with Gasteiger partial charge in [-0.1, -0.05) is 24.3 Å². The summed E-state index contributed by atoms with van der Waals surface area (Å²) in [7, 11) is 0. The molecule has 0 aliphatic rings. The zero-order valence-electron chi connectivity index (χ0n) is 16.2. The van der Waals surface area contributed by atoms with Crippen LogP contribution < -0.4 is 0 Å². The first-order valence-corrected chi connectivity index (χ1v) is 9.26.